The van der Waals surface area contributed by atoms with Crippen molar-refractivity contribution in [1.82, 2.24) is 9.97 Å². The Labute approximate surface area is 126 Å². The van der Waals surface area contributed by atoms with Crippen molar-refractivity contribution >= 4 is 28.3 Å². The van der Waals surface area contributed by atoms with Gasteiger partial charge in [0.2, 0.25) is 0 Å². The van der Waals surface area contributed by atoms with Gasteiger partial charge >= 0.3 is 0 Å². The summed E-state index contributed by atoms with van der Waals surface area (Å²) < 4.78 is 14.2. The van der Waals surface area contributed by atoms with Crippen LogP contribution in [0.15, 0.2) is 36.4 Å². The first-order chi connectivity index (χ1) is 10.1. The Bertz CT molecular complexity index is 833. The molecule has 0 bridgehead atoms. The molecule has 2 aromatic carbocycles. The lowest BCUT2D eigenvalue weighted by Crippen LogP contribution is -2.01. The van der Waals surface area contributed by atoms with E-state index in [0.717, 1.165) is 16.5 Å². The van der Waals surface area contributed by atoms with Crippen LogP contribution in [-0.2, 0) is 0 Å². The highest BCUT2D eigenvalue weighted by atomic mass is 35.5. The number of aromatic nitrogens is 2. The van der Waals surface area contributed by atoms with E-state index in [1.54, 1.807) is 19.2 Å². The molecule has 3 rings (SSSR count). The average molecular weight is 302 g/mol. The Morgan fingerprint density at radius 2 is 1.86 bits per heavy atom. The van der Waals surface area contributed by atoms with E-state index >= 15 is 0 Å². The number of anilines is 1. The van der Waals surface area contributed by atoms with E-state index in [-0.39, 0.29) is 5.02 Å². The summed E-state index contributed by atoms with van der Waals surface area (Å²) in [6.07, 6.45) is 0. The number of aryl methyl sites for hydroxylation is 1. The summed E-state index contributed by atoms with van der Waals surface area (Å²) in [5.74, 6) is 0.484. The zero-order valence-electron chi connectivity index (χ0n) is 11.6. The molecule has 0 saturated heterocycles. The van der Waals surface area contributed by atoms with E-state index in [9.17, 15) is 4.39 Å². The van der Waals surface area contributed by atoms with Gasteiger partial charge < -0.3 is 5.32 Å². The molecule has 0 aliphatic carbocycles. The summed E-state index contributed by atoms with van der Waals surface area (Å²) in [4.78, 5) is 8.90. The van der Waals surface area contributed by atoms with E-state index in [2.05, 4.69) is 15.3 Å². The molecular formula is C16H13ClFN3. The predicted molar refractivity (Wildman–Crippen MR) is 84.2 cm³/mol. The fourth-order valence-corrected chi connectivity index (χ4v) is 2.51. The normalized spacial score (nSPS) is 10.9. The van der Waals surface area contributed by atoms with Crippen molar-refractivity contribution < 1.29 is 4.39 Å². The van der Waals surface area contributed by atoms with Gasteiger partial charge in [0.15, 0.2) is 11.6 Å². The van der Waals surface area contributed by atoms with Gasteiger partial charge in [0.1, 0.15) is 5.82 Å². The highest BCUT2D eigenvalue weighted by Gasteiger charge is 2.14. The van der Waals surface area contributed by atoms with Crippen LogP contribution in [0.4, 0.5) is 10.2 Å². The smallest absolute Gasteiger partial charge is 0.165 e. The van der Waals surface area contributed by atoms with E-state index < -0.39 is 5.82 Å². The van der Waals surface area contributed by atoms with Gasteiger partial charge in [-0.25, -0.2) is 14.4 Å². The molecule has 0 aliphatic rings. The lowest BCUT2D eigenvalue weighted by molar-refractivity contribution is 0.630. The maximum absolute atomic E-state index is 14.2. The van der Waals surface area contributed by atoms with Crippen LogP contribution in [0.5, 0.6) is 0 Å². The topological polar surface area (TPSA) is 37.8 Å². The summed E-state index contributed by atoms with van der Waals surface area (Å²) in [6, 6.07) is 10.6. The number of nitrogens with one attached hydrogen (secondary N) is 1. The molecule has 3 nitrogen and oxygen atoms in total. The van der Waals surface area contributed by atoms with Gasteiger partial charge in [-0.3, -0.25) is 0 Å². The zero-order valence-corrected chi connectivity index (χ0v) is 12.4. The standard InChI is InChI=1S/C16H13ClFN3/c1-9-5-3-8-12-13(9)16(19-2)21-15(20-12)10-6-4-7-11(17)14(10)18/h3-8H,1-2H3,(H,19,20,21). The van der Waals surface area contributed by atoms with Gasteiger partial charge in [0, 0.05) is 12.4 Å². The summed E-state index contributed by atoms with van der Waals surface area (Å²) >= 11 is 5.83. The zero-order chi connectivity index (χ0) is 15.0. The van der Waals surface area contributed by atoms with E-state index in [0.29, 0.717) is 17.2 Å². The van der Waals surface area contributed by atoms with Crippen molar-refractivity contribution in [2.45, 2.75) is 6.92 Å². The first kappa shape index (κ1) is 13.8. The van der Waals surface area contributed by atoms with Crippen molar-refractivity contribution in [3.63, 3.8) is 0 Å². The van der Waals surface area contributed by atoms with Crippen LogP contribution < -0.4 is 5.32 Å². The third-order valence-corrected chi connectivity index (χ3v) is 3.65. The predicted octanol–water partition coefficient (Wildman–Crippen LogP) is 4.44. The molecule has 0 aliphatic heterocycles. The quantitative estimate of drug-likeness (QED) is 0.760. The SMILES string of the molecule is CNc1nc(-c2cccc(Cl)c2F)nc2cccc(C)c12. The second-order valence-corrected chi connectivity index (χ2v) is 5.12. The summed E-state index contributed by atoms with van der Waals surface area (Å²) in [5, 5.41) is 4.05. The first-order valence-electron chi connectivity index (χ1n) is 6.51. The number of hydrogen-bond acceptors (Lipinski definition) is 3. The Balaban J connectivity index is 2.32. The largest absolute Gasteiger partial charge is 0.373 e. The minimum atomic E-state index is -0.506. The molecule has 3 aromatic rings. The molecular weight excluding hydrogens is 289 g/mol. The van der Waals surface area contributed by atoms with Gasteiger partial charge in [0.05, 0.1) is 16.1 Å². The number of hydrogen-bond donors (Lipinski definition) is 1. The van der Waals surface area contributed by atoms with E-state index in [1.807, 2.05) is 25.1 Å². The fraction of sp³-hybridized carbons (Fsp3) is 0.125. The highest BCUT2D eigenvalue weighted by molar-refractivity contribution is 6.31. The van der Waals surface area contributed by atoms with Crippen LogP contribution in [0, 0.1) is 12.7 Å². The molecule has 1 N–H and O–H groups in total. The van der Waals surface area contributed by atoms with Crippen LogP contribution in [0.2, 0.25) is 5.02 Å². The molecule has 0 saturated carbocycles. The number of rotatable bonds is 2. The molecule has 21 heavy (non-hydrogen) atoms. The van der Waals surface area contributed by atoms with Crippen LogP contribution >= 0.6 is 11.6 Å². The van der Waals surface area contributed by atoms with Crippen LogP contribution in [-0.4, -0.2) is 17.0 Å². The van der Waals surface area contributed by atoms with Crippen molar-refractivity contribution in [2.75, 3.05) is 12.4 Å². The number of fused-ring (bicyclic) bond motifs is 1. The second kappa shape index (κ2) is 5.30. The third-order valence-electron chi connectivity index (χ3n) is 3.36. The molecule has 0 spiro atoms. The third kappa shape index (κ3) is 2.32. The molecule has 5 heteroatoms. The second-order valence-electron chi connectivity index (χ2n) is 4.72. The van der Waals surface area contributed by atoms with Crippen molar-refractivity contribution in [3.8, 4) is 11.4 Å². The molecule has 106 valence electrons. The van der Waals surface area contributed by atoms with Crippen LogP contribution in [0.3, 0.4) is 0 Å². The summed E-state index contributed by atoms with van der Waals surface area (Å²) in [6.45, 7) is 1.99. The summed E-state index contributed by atoms with van der Waals surface area (Å²) in [5.41, 5.74) is 2.13. The van der Waals surface area contributed by atoms with Gasteiger partial charge in [-0.15, -0.1) is 0 Å². The van der Waals surface area contributed by atoms with Crippen LogP contribution in [0.1, 0.15) is 5.56 Å². The van der Waals surface area contributed by atoms with Gasteiger partial charge in [-0.05, 0) is 30.7 Å². The molecule has 1 heterocycles. The Kier molecular flexibility index (Phi) is 3.47. The molecule has 0 unspecified atom stereocenters. The first-order valence-corrected chi connectivity index (χ1v) is 6.89. The van der Waals surface area contributed by atoms with E-state index in [4.69, 9.17) is 11.6 Å². The van der Waals surface area contributed by atoms with Crippen molar-refractivity contribution in [3.05, 3.63) is 52.8 Å². The Morgan fingerprint density at radius 3 is 2.62 bits per heavy atom. The minimum Gasteiger partial charge on any atom is -0.373 e. The lowest BCUT2D eigenvalue weighted by atomic mass is 10.1. The Morgan fingerprint density at radius 1 is 1.10 bits per heavy atom. The molecule has 1 aromatic heterocycles. The van der Waals surface area contributed by atoms with Crippen molar-refractivity contribution in [1.29, 1.82) is 0 Å². The van der Waals surface area contributed by atoms with Gasteiger partial charge in [0.25, 0.3) is 0 Å². The minimum absolute atomic E-state index is 0.0615. The highest BCUT2D eigenvalue weighted by Crippen LogP contribution is 2.30. The van der Waals surface area contributed by atoms with Crippen LogP contribution in [0.25, 0.3) is 22.3 Å². The number of nitrogens with zero attached hydrogens (tertiary/aromatic N) is 2. The van der Waals surface area contributed by atoms with Gasteiger partial charge in [-0.1, -0.05) is 29.8 Å². The van der Waals surface area contributed by atoms with Gasteiger partial charge in [-0.2, -0.15) is 0 Å². The molecule has 0 radical (unpaired) electrons. The molecule has 0 amide bonds. The number of halogens is 2. The lowest BCUT2D eigenvalue weighted by Gasteiger charge is -2.11. The maximum Gasteiger partial charge on any atom is 0.165 e. The Hall–Kier alpha value is -2.20. The average Bonchev–Trinajstić information content (AvgIpc) is 2.49. The molecule has 0 fully saturated rings. The molecule has 0 atom stereocenters. The maximum atomic E-state index is 14.2. The van der Waals surface area contributed by atoms with E-state index in [1.165, 1.54) is 6.07 Å². The van der Waals surface area contributed by atoms with Crippen molar-refractivity contribution in [2.24, 2.45) is 0 Å². The fourth-order valence-electron chi connectivity index (χ4n) is 2.33. The summed E-state index contributed by atoms with van der Waals surface area (Å²) in [7, 11) is 1.78. The number of benzene rings is 2. The monoisotopic (exact) mass is 301 g/mol.